The number of carbonyl (C=O) groups is 2. The summed E-state index contributed by atoms with van der Waals surface area (Å²) >= 11 is 0. The van der Waals surface area contributed by atoms with Gasteiger partial charge in [0.25, 0.3) is 0 Å². The second-order valence-electron chi connectivity index (χ2n) is 8.21. The van der Waals surface area contributed by atoms with Crippen molar-refractivity contribution in [3.8, 4) is 0 Å². The van der Waals surface area contributed by atoms with Gasteiger partial charge in [-0.1, -0.05) is 42.5 Å². The highest BCUT2D eigenvalue weighted by atomic mass is 16.2. The Morgan fingerprint density at radius 1 is 1.03 bits per heavy atom. The summed E-state index contributed by atoms with van der Waals surface area (Å²) in [4.78, 5) is 31.4. The Labute approximate surface area is 182 Å². The highest BCUT2D eigenvalue weighted by molar-refractivity contribution is 5.99. The average Bonchev–Trinajstić information content (AvgIpc) is 3.20. The van der Waals surface area contributed by atoms with Crippen LogP contribution in [0.2, 0.25) is 0 Å². The third-order valence-electron chi connectivity index (χ3n) is 6.31. The molecule has 0 unspecified atom stereocenters. The number of likely N-dealkylation sites (tertiary alicyclic amines) is 1. The van der Waals surface area contributed by atoms with Crippen LogP contribution in [0, 0.1) is 6.92 Å². The molecule has 6 heteroatoms. The average molecular weight is 417 g/mol. The maximum atomic E-state index is 13.5. The van der Waals surface area contributed by atoms with E-state index in [-0.39, 0.29) is 11.8 Å². The smallest absolute Gasteiger partial charge is 0.235 e. The summed E-state index contributed by atoms with van der Waals surface area (Å²) in [7, 11) is 0. The molecule has 0 aliphatic carbocycles. The SMILES string of the molecule is CC(=O)N1CCC(C(=O)Nc2ccc(Cn3ccnc3C)cc2)(c2ccccc2)CC1. The zero-order chi connectivity index (χ0) is 21.8. The summed E-state index contributed by atoms with van der Waals surface area (Å²) in [5.41, 5.74) is 2.29. The number of piperidine rings is 1. The van der Waals surface area contributed by atoms with Gasteiger partial charge in [-0.05, 0) is 43.0 Å². The molecule has 0 spiro atoms. The van der Waals surface area contributed by atoms with Crippen molar-refractivity contribution in [1.82, 2.24) is 14.5 Å². The minimum Gasteiger partial charge on any atom is -0.343 e. The van der Waals surface area contributed by atoms with Crippen LogP contribution in [0.3, 0.4) is 0 Å². The normalized spacial score (nSPS) is 15.5. The van der Waals surface area contributed by atoms with Crippen molar-refractivity contribution >= 4 is 17.5 Å². The van der Waals surface area contributed by atoms with E-state index in [9.17, 15) is 9.59 Å². The number of aryl methyl sites for hydroxylation is 1. The number of nitrogens with one attached hydrogen (secondary N) is 1. The van der Waals surface area contributed by atoms with Crippen molar-refractivity contribution in [2.24, 2.45) is 0 Å². The third kappa shape index (κ3) is 4.38. The lowest BCUT2D eigenvalue weighted by atomic mass is 9.72. The van der Waals surface area contributed by atoms with Crippen molar-refractivity contribution < 1.29 is 9.59 Å². The molecule has 1 N–H and O–H groups in total. The molecule has 4 rings (SSSR count). The number of benzene rings is 2. The number of nitrogens with zero attached hydrogens (tertiary/aromatic N) is 3. The minimum absolute atomic E-state index is 0.0138. The topological polar surface area (TPSA) is 67.2 Å². The number of carbonyl (C=O) groups excluding carboxylic acids is 2. The minimum atomic E-state index is -0.639. The van der Waals surface area contributed by atoms with Crippen molar-refractivity contribution in [2.45, 2.75) is 38.6 Å². The van der Waals surface area contributed by atoms with Crippen LogP contribution in [-0.2, 0) is 21.5 Å². The molecule has 1 saturated heterocycles. The van der Waals surface area contributed by atoms with Crippen LogP contribution in [0.1, 0.15) is 36.7 Å². The number of hydrogen-bond donors (Lipinski definition) is 1. The first kappa shape index (κ1) is 20.8. The van der Waals surface area contributed by atoms with Gasteiger partial charge in [0.1, 0.15) is 5.82 Å². The fourth-order valence-electron chi connectivity index (χ4n) is 4.32. The Kier molecular flexibility index (Phi) is 5.89. The van der Waals surface area contributed by atoms with Gasteiger partial charge in [0.2, 0.25) is 11.8 Å². The van der Waals surface area contributed by atoms with Gasteiger partial charge in [0.05, 0.1) is 5.41 Å². The molecule has 2 heterocycles. The monoisotopic (exact) mass is 416 g/mol. The highest BCUT2D eigenvalue weighted by Gasteiger charge is 2.43. The van der Waals surface area contributed by atoms with Crippen molar-refractivity contribution in [2.75, 3.05) is 18.4 Å². The van der Waals surface area contributed by atoms with E-state index in [1.165, 1.54) is 0 Å². The first-order chi connectivity index (χ1) is 15.0. The molecule has 0 saturated carbocycles. The Morgan fingerprint density at radius 3 is 2.29 bits per heavy atom. The van der Waals surface area contributed by atoms with E-state index in [4.69, 9.17) is 0 Å². The van der Waals surface area contributed by atoms with Gasteiger partial charge in [-0.3, -0.25) is 9.59 Å². The predicted molar refractivity (Wildman–Crippen MR) is 121 cm³/mol. The molecule has 2 amide bonds. The summed E-state index contributed by atoms with van der Waals surface area (Å²) in [5, 5.41) is 3.13. The van der Waals surface area contributed by atoms with E-state index in [0.717, 1.165) is 29.2 Å². The molecule has 3 aromatic rings. The molecule has 160 valence electrons. The molecule has 1 aliphatic rings. The molecule has 1 fully saturated rings. The number of rotatable bonds is 5. The number of imidazole rings is 1. The van der Waals surface area contributed by atoms with Gasteiger partial charge < -0.3 is 14.8 Å². The summed E-state index contributed by atoms with van der Waals surface area (Å²) < 4.78 is 2.08. The third-order valence-corrected chi connectivity index (χ3v) is 6.31. The van der Waals surface area contributed by atoms with Crippen LogP contribution in [0.15, 0.2) is 67.0 Å². The van der Waals surface area contributed by atoms with E-state index in [1.54, 1.807) is 13.1 Å². The van der Waals surface area contributed by atoms with Crippen molar-refractivity contribution in [3.05, 3.63) is 83.9 Å². The van der Waals surface area contributed by atoms with Crippen LogP contribution in [0.4, 0.5) is 5.69 Å². The molecule has 0 radical (unpaired) electrons. The van der Waals surface area contributed by atoms with Gasteiger partial charge in [-0.2, -0.15) is 0 Å². The van der Waals surface area contributed by atoms with Gasteiger partial charge in [0.15, 0.2) is 0 Å². The lowest BCUT2D eigenvalue weighted by molar-refractivity contribution is -0.133. The molecule has 0 bridgehead atoms. The highest BCUT2D eigenvalue weighted by Crippen LogP contribution is 2.37. The van der Waals surface area contributed by atoms with E-state index in [2.05, 4.69) is 14.9 Å². The fraction of sp³-hybridized carbons (Fsp3) is 0.320. The molecule has 1 aliphatic heterocycles. The van der Waals surface area contributed by atoms with Crippen molar-refractivity contribution in [3.63, 3.8) is 0 Å². The molecule has 6 nitrogen and oxygen atoms in total. The molecule has 2 aromatic carbocycles. The largest absolute Gasteiger partial charge is 0.343 e. The molecule has 0 atom stereocenters. The lowest BCUT2D eigenvalue weighted by Crippen LogP contribution is -2.50. The van der Waals surface area contributed by atoms with Crippen LogP contribution < -0.4 is 5.32 Å². The first-order valence-corrected chi connectivity index (χ1v) is 10.7. The molecular weight excluding hydrogens is 388 g/mol. The standard InChI is InChI=1S/C25H28N4O2/c1-19-26-14-17-29(19)18-21-8-10-23(11-9-21)27-24(31)25(22-6-4-3-5-7-22)12-15-28(16-13-25)20(2)30/h3-11,14,17H,12-13,15-16,18H2,1-2H3,(H,27,31). The van der Waals surface area contributed by atoms with Crippen LogP contribution >= 0.6 is 0 Å². The summed E-state index contributed by atoms with van der Waals surface area (Å²) in [5.74, 6) is 1.02. The van der Waals surface area contributed by atoms with E-state index in [1.807, 2.05) is 72.6 Å². The second-order valence-corrected chi connectivity index (χ2v) is 8.21. The Hall–Kier alpha value is -3.41. The summed E-state index contributed by atoms with van der Waals surface area (Å²) in [6.07, 6.45) is 4.98. The quantitative estimate of drug-likeness (QED) is 0.689. The van der Waals surface area contributed by atoms with Crippen LogP contribution in [0.5, 0.6) is 0 Å². The zero-order valence-corrected chi connectivity index (χ0v) is 18.0. The van der Waals surface area contributed by atoms with Gasteiger partial charge >= 0.3 is 0 Å². The van der Waals surface area contributed by atoms with Crippen LogP contribution in [-0.4, -0.2) is 39.4 Å². The molecular formula is C25H28N4O2. The fourth-order valence-corrected chi connectivity index (χ4v) is 4.32. The van der Waals surface area contributed by atoms with Crippen molar-refractivity contribution in [1.29, 1.82) is 0 Å². The number of aromatic nitrogens is 2. The number of anilines is 1. The van der Waals surface area contributed by atoms with Crippen LogP contribution in [0.25, 0.3) is 0 Å². The maximum absolute atomic E-state index is 13.5. The number of hydrogen-bond acceptors (Lipinski definition) is 3. The lowest BCUT2D eigenvalue weighted by Gasteiger charge is -2.40. The van der Waals surface area contributed by atoms with Gasteiger partial charge in [0, 0.05) is 44.6 Å². The van der Waals surface area contributed by atoms with E-state index >= 15 is 0 Å². The molecule has 1 aromatic heterocycles. The molecule has 31 heavy (non-hydrogen) atoms. The van der Waals surface area contributed by atoms with E-state index in [0.29, 0.717) is 25.9 Å². The summed E-state index contributed by atoms with van der Waals surface area (Å²) in [6, 6.07) is 17.9. The summed E-state index contributed by atoms with van der Waals surface area (Å²) in [6.45, 7) is 5.48. The number of amides is 2. The zero-order valence-electron chi connectivity index (χ0n) is 18.0. The predicted octanol–water partition coefficient (Wildman–Crippen LogP) is 3.76. The second kappa shape index (κ2) is 8.76. The van der Waals surface area contributed by atoms with E-state index < -0.39 is 5.41 Å². The Balaban J connectivity index is 1.51. The van der Waals surface area contributed by atoms with Gasteiger partial charge in [-0.15, -0.1) is 0 Å². The maximum Gasteiger partial charge on any atom is 0.235 e. The first-order valence-electron chi connectivity index (χ1n) is 10.7. The Morgan fingerprint density at radius 2 is 1.71 bits per heavy atom. The van der Waals surface area contributed by atoms with Gasteiger partial charge in [-0.25, -0.2) is 4.98 Å². The Bertz CT molecular complexity index is 1050.